The summed E-state index contributed by atoms with van der Waals surface area (Å²) in [5.41, 5.74) is 1.03. The standard InChI is InChI=1S/C20H17FN4O3S2/c1-25-8-7-22-20(25)30-10-13-4-6-17(28-13)18(26)24-19-23-15(11-29-19)14-9-12(21)3-5-16(14)27-2/h3-9,11H,10H2,1-2H3,(H,23,24,26). The molecule has 0 bridgehead atoms. The summed E-state index contributed by atoms with van der Waals surface area (Å²) in [5, 5.41) is 5.67. The number of amides is 1. The zero-order valence-electron chi connectivity index (χ0n) is 16.1. The van der Waals surface area contributed by atoms with Crippen molar-refractivity contribution in [1.29, 1.82) is 0 Å². The van der Waals surface area contributed by atoms with Gasteiger partial charge < -0.3 is 13.7 Å². The molecule has 1 aromatic carbocycles. The van der Waals surface area contributed by atoms with Crippen LogP contribution in [0.2, 0.25) is 0 Å². The van der Waals surface area contributed by atoms with Crippen LogP contribution in [0.25, 0.3) is 11.3 Å². The first-order chi connectivity index (χ1) is 14.5. The van der Waals surface area contributed by atoms with Crippen LogP contribution in [0.4, 0.5) is 9.52 Å². The van der Waals surface area contributed by atoms with E-state index in [0.717, 1.165) is 5.16 Å². The third-order valence-corrected chi connectivity index (χ3v) is 6.01. The number of thioether (sulfide) groups is 1. The quantitative estimate of drug-likeness (QED) is 0.411. The second-order valence-corrected chi connectivity index (χ2v) is 8.01. The van der Waals surface area contributed by atoms with Gasteiger partial charge in [0.15, 0.2) is 16.0 Å². The number of anilines is 1. The van der Waals surface area contributed by atoms with Crippen LogP contribution >= 0.6 is 23.1 Å². The van der Waals surface area contributed by atoms with Crippen LogP contribution in [0.5, 0.6) is 5.75 Å². The maximum absolute atomic E-state index is 13.6. The molecule has 30 heavy (non-hydrogen) atoms. The number of ether oxygens (including phenoxy) is 1. The number of aryl methyl sites for hydroxylation is 1. The van der Waals surface area contributed by atoms with Crippen molar-refractivity contribution in [2.24, 2.45) is 7.05 Å². The van der Waals surface area contributed by atoms with Crippen LogP contribution in [0, 0.1) is 5.82 Å². The third-order valence-electron chi connectivity index (χ3n) is 4.17. The van der Waals surface area contributed by atoms with Crippen LogP contribution < -0.4 is 10.1 Å². The Balaban J connectivity index is 1.42. The monoisotopic (exact) mass is 444 g/mol. The number of imidazole rings is 1. The maximum Gasteiger partial charge on any atom is 0.293 e. The predicted molar refractivity (Wildman–Crippen MR) is 113 cm³/mol. The summed E-state index contributed by atoms with van der Waals surface area (Å²) in [7, 11) is 3.42. The minimum atomic E-state index is -0.407. The van der Waals surface area contributed by atoms with Crippen molar-refractivity contribution in [2.75, 3.05) is 12.4 Å². The highest BCUT2D eigenvalue weighted by Gasteiger charge is 2.16. The Kier molecular flexibility index (Phi) is 5.86. The van der Waals surface area contributed by atoms with Gasteiger partial charge in [-0.15, -0.1) is 11.3 Å². The Bertz CT molecular complexity index is 1180. The average Bonchev–Trinajstić information content (AvgIpc) is 3.47. The number of rotatable bonds is 7. The summed E-state index contributed by atoms with van der Waals surface area (Å²) in [6.07, 6.45) is 3.59. The van der Waals surface area contributed by atoms with E-state index in [1.54, 1.807) is 23.7 Å². The second kappa shape index (κ2) is 8.72. The molecule has 1 N–H and O–H groups in total. The van der Waals surface area contributed by atoms with Crippen molar-refractivity contribution in [3.63, 3.8) is 0 Å². The minimum Gasteiger partial charge on any atom is -0.496 e. The zero-order chi connectivity index (χ0) is 21.1. The van der Waals surface area contributed by atoms with Gasteiger partial charge in [0, 0.05) is 30.4 Å². The Morgan fingerprint density at radius 2 is 2.23 bits per heavy atom. The predicted octanol–water partition coefficient (Wildman–Crippen LogP) is 4.83. The number of nitrogens with zero attached hydrogens (tertiary/aromatic N) is 3. The van der Waals surface area contributed by atoms with Gasteiger partial charge in [0.05, 0.1) is 18.6 Å². The molecule has 4 rings (SSSR count). The largest absolute Gasteiger partial charge is 0.496 e. The van der Waals surface area contributed by atoms with Crippen molar-refractivity contribution in [1.82, 2.24) is 14.5 Å². The lowest BCUT2D eigenvalue weighted by Crippen LogP contribution is -2.10. The lowest BCUT2D eigenvalue weighted by molar-refractivity contribution is 0.0995. The molecule has 154 valence electrons. The molecule has 0 aliphatic carbocycles. The first-order valence-corrected chi connectivity index (χ1v) is 10.7. The highest BCUT2D eigenvalue weighted by atomic mass is 32.2. The van der Waals surface area contributed by atoms with Crippen molar-refractivity contribution in [2.45, 2.75) is 10.9 Å². The van der Waals surface area contributed by atoms with E-state index in [1.165, 1.54) is 48.4 Å². The molecule has 0 radical (unpaired) electrons. The van der Waals surface area contributed by atoms with Gasteiger partial charge in [0.2, 0.25) is 0 Å². The highest BCUT2D eigenvalue weighted by molar-refractivity contribution is 7.98. The lowest BCUT2D eigenvalue weighted by Gasteiger charge is -2.05. The van der Waals surface area contributed by atoms with Crippen LogP contribution in [-0.2, 0) is 12.8 Å². The number of benzene rings is 1. The minimum absolute atomic E-state index is 0.186. The summed E-state index contributed by atoms with van der Waals surface area (Å²) < 4.78 is 26.4. The van der Waals surface area contributed by atoms with Gasteiger partial charge in [-0.1, -0.05) is 11.8 Å². The first-order valence-electron chi connectivity index (χ1n) is 8.83. The molecule has 0 fully saturated rings. The van der Waals surface area contributed by atoms with Crippen LogP contribution in [0.15, 0.2) is 57.7 Å². The number of halogens is 1. The van der Waals surface area contributed by atoms with Crippen LogP contribution in [-0.4, -0.2) is 27.6 Å². The summed E-state index contributed by atoms with van der Waals surface area (Å²) >= 11 is 2.75. The van der Waals surface area contributed by atoms with Gasteiger partial charge in [0.25, 0.3) is 5.91 Å². The molecule has 1 amide bonds. The molecular weight excluding hydrogens is 427 g/mol. The van der Waals surface area contributed by atoms with Crippen molar-refractivity contribution in [3.05, 3.63) is 65.4 Å². The van der Waals surface area contributed by atoms with Crippen molar-refractivity contribution < 1.29 is 18.3 Å². The lowest BCUT2D eigenvalue weighted by atomic mass is 10.1. The van der Waals surface area contributed by atoms with Gasteiger partial charge in [-0.05, 0) is 30.3 Å². The SMILES string of the molecule is COc1ccc(F)cc1-c1csc(NC(=O)c2ccc(CSc3nccn3C)o2)n1. The number of thiazole rings is 1. The number of methoxy groups -OCH3 is 1. The number of aromatic nitrogens is 3. The highest BCUT2D eigenvalue weighted by Crippen LogP contribution is 2.33. The summed E-state index contributed by atoms with van der Waals surface area (Å²) in [6.45, 7) is 0. The molecule has 0 aliphatic heterocycles. The molecule has 0 saturated heterocycles. The smallest absolute Gasteiger partial charge is 0.293 e. The van der Waals surface area contributed by atoms with Crippen LogP contribution in [0.1, 0.15) is 16.3 Å². The number of hydrogen-bond acceptors (Lipinski definition) is 7. The Morgan fingerprint density at radius 3 is 3.00 bits per heavy atom. The molecule has 0 spiro atoms. The van der Waals surface area contributed by atoms with E-state index in [2.05, 4.69) is 15.3 Å². The Labute approximate surface area is 179 Å². The number of nitrogens with one attached hydrogen (secondary N) is 1. The van der Waals surface area contributed by atoms with E-state index in [9.17, 15) is 9.18 Å². The molecule has 0 atom stereocenters. The van der Waals surface area contributed by atoms with Gasteiger partial charge in [-0.2, -0.15) is 0 Å². The fraction of sp³-hybridized carbons (Fsp3) is 0.150. The molecule has 7 nitrogen and oxygen atoms in total. The molecule has 0 unspecified atom stereocenters. The van der Waals surface area contributed by atoms with E-state index < -0.39 is 11.7 Å². The Hall–Kier alpha value is -3.11. The molecule has 3 heterocycles. The summed E-state index contributed by atoms with van der Waals surface area (Å²) in [4.78, 5) is 21.1. The molecule has 0 saturated carbocycles. The number of hydrogen-bond donors (Lipinski definition) is 1. The second-order valence-electron chi connectivity index (χ2n) is 6.21. The van der Waals surface area contributed by atoms with Gasteiger partial charge in [0.1, 0.15) is 17.3 Å². The van der Waals surface area contributed by atoms with E-state index >= 15 is 0 Å². The summed E-state index contributed by atoms with van der Waals surface area (Å²) in [5.74, 6) is 1.11. The molecule has 4 aromatic rings. The number of carbonyl (C=O) groups is 1. The molecular formula is C20H17FN4O3S2. The van der Waals surface area contributed by atoms with Crippen molar-refractivity contribution in [3.8, 4) is 17.0 Å². The fourth-order valence-electron chi connectivity index (χ4n) is 2.70. The third kappa shape index (κ3) is 4.39. The number of furan rings is 1. The van der Waals surface area contributed by atoms with Crippen molar-refractivity contribution >= 4 is 34.1 Å². The first kappa shape index (κ1) is 20.2. The topological polar surface area (TPSA) is 82.2 Å². The fourth-order valence-corrected chi connectivity index (χ4v) is 4.23. The van der Waals surface area contributed by atoms with E-state index in [-0.39, 0.29) is 5.76 Å². The van der Waals surface area contributed by atoms with E-state index in [1.807, 2.05) is 17.8 Å². The molecule has 10 heteroatoms. The average molecular weight is 445 g/mol. The van der Waals surface area contributed by atoms with E-state index in [4.69, 9.17) is 9.15 Å². The normalized spacial score (nSPS) is 10.9. The van der Waals surface area contributed by atoms with Crippen LogP contribution in [0.3, 0.4) is 0 Å². The Morgan fingerprint density at radius 1 is 1.37 bits per heavy atom. The molecule has 3 aromatic heterocycles. The number of carbonyl (C=O) groups excluding carboxylic acids is 1. The molecule has 0 aliphatic rings. The van der Waals surface area contributed by atoms with Gasteiger partial charge in [-0.3, -0.25) is 10.1 Å². The maximum atomic E-state index is 13.6. The summed E-state index contributed by atoms with van der Waals surface area (Å²) in [6, 6.07) is 7.58. The van der Waals surface area contributed by atoms with Gasteiger partial charge in [-0.25, -0.2) is 14.4 Å². The van der Waals surface area contributed by atoms with Gasteiger partial charge >= 0.3 is 0 Å². The van der Waals surface area contributed by atoms with E-state index in [0.29, 0.717) is 33.7 Å². The zero-order valence-corrected chi connectivity index (χ0v) is 17.7.